The van der Waals surface area contributed by atoms with Crippen LogP contribution in [0.25, 0.3) is 0 Å². The van der Waals surface area contributed by atoms with Crippen molar-refractivity contribution in [3.63, 3.8) is 0 Å². The highest BCUT2D eigenvalue weighted by Gasteiger charge is 2.25. The molecule has 0 atom stereocenters. The molecule has 0 unspecified atom stereocenters. The molecule has 1 N–H and O–H groups in total. The van der Waals surface area contributed by atoms with Gasteiger partial charge in [-0.3, -0.25) is 9.59 Å². The van der Waals surface area contributed by atoms with E-state index in [1.807, 2.05) is 4.90 Å². The van der Waals surface area contributed by atoms with Crippen LogP contribution < -0.4 is 14.4 Å². The van der Waals surface area contributed by atoms with Gasteiger partial charge in [0.2, 0.25) is 15.9 Å². The number of amides is 1. The largest absolute Gasteiger partial charge is 0.495 e. The normalized spacial score (nSPS) is 14.4. The lowest BCUT2D eigenvalue weighted by atomic mass is 10.2. The van der Waals surface area contributed by atoms with Crippen molar-refractivity contribution in [3.05, 3.63) is 18.2 Å². The first kappa shape index (κ1) is 24.9. The Kier molecular flexibility index (Phi) is 9.53. The molecule has 0 radical (unpaired) electrons. The van der Waals surface area contributed by atoms with Crippen molar-refractivity contribution in [2.45, 2.75) is 24.7 Å². The maximum absolute atomic E-state index is 12.5. The van der Waals surface area contributed by atoms with Gasteiger partial charge in [-0.1, -0.05) is 0 Å². The molecule has 11 heteroatoms. The fourth-order valence-electron chi connectivity index (χ4n) is 3.24. The molecule has 1 amide bonds. The molecule has 0 spiro atoms. The number of sulfonamides is 1. The first-order valence-corrected chi connectivity index (χ1v) is 11.7. The van der Waals surface area contributed by atoms with E-state index in [9.17, 15) is 18.0 Å². The minimum Gasteiger partial charge on any atom is -0.495 e. The molecule has 0 bridgehead atoms. The molecule has 10 nitrogen and oxygen atoms in total. The Bertz CT molecular complexity index is 852. The summed E-state index contributed by atoms with van der Waals surface area (Å²) in [7, 11) is -0.656. The number of anilines is 1. The van der Waals surface area contributed by atoms with Crippen LogP contribution in [0.1, 0.15) is 19.8 Å². The van der Waals surface area contributed by atoms with Gasteiger partial charge in [0.1, 0.15) is 5.75 Å². The molecule has 1 fully saturated rings. The number of carbonyl (C=O) groups excluding carboxylic acids is 2. The topological polar surface area (TPSA) is 114 Å². The Labute approximate surface area is 183 Å². The SMILES string of the molecule is CCOC(=O)CCC(=O)N1CCN(c2cc(S(=O)(=O)NCCOC)ccc2OC)CC1. The van der Waals surface area contributed by atoms with Crippen LogP contribution in [0.2, 0.25) is 0 Å². The Morgan fingerprint density at radius 1 is 1.10 bits per heavy atom. The summed E-state index contributed by atoms with van der Waals surface area (Å²) in [5.74, 6) is 0.0765. The predicted octanol–water partition coefficient (Wildman–Crippen LogP) is 0.612. The number of benzene rings is 1. The number of nitrogens with one attached hydrogen (secondary N) is 1. The van der Waals surface area contributed by atoms with Crippen molar-refractivity contribution in [1.29, 1.82) is 0 Å². The lowest BCUT2D eigenvalue weighted by molar-refractivity contribution is -0.145. The van der Waals surface area contributed by atoms with Crippen LogP contribution in [0.15, 0.2) is 23.1 Å². The summed E-state index contributed by atoms with van der Waals surface area (Å²) in [6.07, 6.45) is 0.180. The minimum atomic E-state index is -3.68. The number of esters is 1. The third-order valence-corrected chi connectivity index (χ3v) is 6.34. The first-order valence-electron chi connectivity index (χ1n) is 10.2. The molecule has 1 aromatic rings. The lowest BCUT2D eigenvalue weighted by Crippen LogP contribution is -2.49. The van der Waals surface area contributed by atoms with E-state index in [4.69, 9.17) is 14.2 Å². The first-order chi connectivity index (χ1) is 14.8. The summed E-state index contributed by atoms with van der Waals surface area (Å²) in [5, 5.41) is 0. The third kappa shape index (κ3) is 7.08. The van der Waals surface area contributed by atoms with E-state index in [2.05, 4.69) is 4.72 Å². The van der Waals surface area contributed by atoms with E-state index >= 15 is 0 Å². The Morgan fingerprint density at radius 2 is 1.81 bits per heavy atom. The molecule has 1 aromatic carbocycles. The van der Waals surface area contributed by atoms with Crippen LogP contribution in [0.5, 0.6) is 5.75 Å². The van der Waals surface area contributed by atoms with Crippen LogP contribution in [-0.4, -0.2) is 85.4 Å². The summed E-state index contributed by atoms with van der Waals surface area (Å²) in [6, 6.07) is 4.69. The van der Waals surface area contributed by atoms with Gasteiger partial charge < -0.3 is 24.0 Å². The molecule has 174 valence electrons. The molecule has 1 heterocycles. The molecule has 1 saturated heterocycles. The van der Waals surface area contributed by atoms with Crippen LogP contribution in [0.3, 0.4) is 0 Å². The van der Waals surface area contributed by atoms with Crippen LogP contribution in [0.4, 0.5) is 5.69 Å². The molecule has 1 aliphatic rings. The predicted molar refractivity (Wildman–Crippen MR) is 115 cm³/mol. The summed E-state index contributed by atoms with van der Waals surface area (Å²) in [4.78, 5) is 27.6. The maximum Gasteiger partial charge on any atom is 0.306 e. The lowest BCUT2D eigenvalue weighted by Gasteiger charge is -2.36. The number of hydrogen-bond acceptors (Lipinski definition) is 8. The number of methoxy groups -OCH3 is 2. The fourth-order valence-corrected chi connectivity index (χ4v) is 4.28. The zero-order chi connectivity index (χ0) is 22.9. The summed E-state index contributed by atoms with van der Waals surface area (Å²) in [5.41, 5.74) is 0.649. The quantitative estimate of drug-likeness (QED) is 0.380. The highest BCUT2D eigenvalue weighted by molar-refractivity contribution is 7.89. The molecule has 1 aliphatic heterocycles. The Hall–Kier alpha value is -2.37. The monoisotopic (exact) mass is 457 g/mol. The van der Waals surface area contributed by atoms with Gasteiger partial charge in [-0.25, -0.2) is 13.1 Å². The number of carbonyl (C=O) groups is 2. The molecule has 0 saturated carbocycles. The average Bonchev–Trinajstić information content (AvgIpc) is 2.77. The van der Waals surface area contributed by atoms with Gasteiger partial charge in [0.15, 0.2) is 0 Å². The maximum atomic E-state index is 12.5. The van der Waals surface area contributed by atoms with Gasteiger partial charge in [0.25, 0.3) is 0 Å². The van der Waals surface area contributed by atoms with Gasteiger partial charge in [-0.2, -0.15) is 0 Å². The fraction of sp³-hybridized carbons (Fsp3) is 0.600. The summed E-state index contributed by atoms with van der Waals surface area (Å²) >= 11 is 0. The van der Waals surface area contributed by atoms with E-state index in [0.29, 0.717) is 44.2 Å². The molecular weight excluding hydrogens is 426 g/mol. The highest BCUT2D eigenvalue weighted by atomic mass is 32.2. The van der Waals surface area contributed by atoms with E-state index in [1.54, 1.807) is 24.0 Å². The van der Waals surface area contributed by atoms with Crippen molar-refractivity contribution >= 4 is 27.6 Å². The van der Waals surface area contributed by atoms with E-state index in [-0.39, 0.29) is 42.8 Å². The highest BCUT2D eigenvalue weighted by Crippen LogP contribution is 2.31. The van der Waals surface area contributed by atoms with Crippen LogP contribution in [0, 0.1) is 0 Å². The summed E-state index contributed by atoms with van der Waals surface area (Å²) < 4.78 is 42.7. The zero-order valence-corrected chi connectivity index (χ0v) is 19.1. The molecule has 2 rings (SSSR count). The molecule has 0 aromatic heterocycles. The van der Waals surface area contributed by atoms with Crippen LogP contribution in [-0.2, 0) is 29.1 Å². The number of hydrogen-bond donors (Lipinski definition) is 1. The van der Waals surface area contributed by atoms with Gasteiger partial charge >= 0.3 is 5.97 Å². The number of rotatable bonds is 11. The van der Waals surface area contributed by atoms with Crippen molar-refractivity contribution in [1.82, 2.24) is 9.62 Å². The van der Waals surface area contributed by atoms with E-state index in [0.717, 1.165) is 0 Å². The smallest absolute Gasteiger partial charge is 0.306 e. The molecule has 31 heavy (non-hydrogen) atoms. The number of piperazine rings is 1. The standard InChI is InChI=1S/C20H31N3O7S/c1-4-30-20(25)8-7-19(24)23-12-10-22(11-13-23)17-15-16(5-6-18(17)29-3)31(26,27)21-9-14-28-2/h5-6,15,21H,4,7-14H2,1-3H3. The van der Waals surface area contributed by atoms with Crippen LogP contribution >= 0.6 is 0 Å². The second kappa shape index (κ2) is 11.9. The third-order valence-electron chi connectivity index (χ3n) is 4.88. The second-order valence-corrected chi connectivity index (χ2v) is 8.66. The Balaban J connectivity index is 2.03. The molecule has 0 aliphatic carbocycles. The van der Waals surface area contributed by atoms with Gasteiger partial charge in [-0.05, 0) is 25.1 Å². The van der Waals surface area contributed by atoms with E-state index < -0.39 is 10.0 Å². The van der Waals surface area contributed by atoms with Crippen molar-refractivity contribution in [2.75, 3.05) is 65.1 Å². The summed E-state index contributed by atoms with van der Waals surface area (Å²) in [6.45, 7) is 4.43. The van der Waals surface area contributed by atoms with Gasteiger partial charge in [0.05, 0.1) is 37.3 Å². The second-order valence-electron chi connectivity index (χ2n) is 6.90. The number of ether oxygens (including phenoxy) is 3. The average molecular weight is 458 g/mol. The number of nitrogens with zero attached hydrogens (tertiary/aromatic N) is 2. The van der Waals surface area contributed by atoms with Gasteiger partial charge in [0, 0.05) is 46.3 Å². The van der Waals surface area contributed by atoms with Crippen molar-refractivity contribution < 1.29 is 32.2 Å². The zero-order valence-electron chi connectivity index (χ0n) is 18.3. The van der Waals surface area contributed by atoms with Crippen molar-refractivity contribution in [2.24, 2.45) is 0 Å². The van der Waals surface area contributed by atoms with Crippen molar-refractivity contribution in [3.8, 4) is 5.75 Å². The minimum absolute atomic E-state index is 0.0662. The molecular formula is C20H31N3O7S. The Morgan fingerprint density at radius 3 is 2.42 bits per heavy atom. The van der Waals surface area contributed by atoms with E-state index in [1.165, 1.54) is 20.3 Å². The van der Waals surface area contributed by atoms with Gasteiger partial charge in [-0.15, -0.1) is 0 Å².